The van der Waals surface area contributed by atoms with Crippen molar-refractivity contribution in [3.8, 4) is 0 Å². The number of rotatable bonds is 5. The predicted octanol–water partition coefficient (Wildman–Crippen LogP) is 7.34. The largest absolute Gasteiger partial charge is 0.395 e. The molecule has 0 saturated heterocycles. The third-order valence-electron chi connectivity index (χ3n) is 8.08. The molecule has 206 valence electrons. The van der Waals surface area contributed by atoms with Crippen LogP contribution in [-0.4, -0.2) is 58.2 Å². The molecule has 0 fully saturated rings. The van der Waals surface area contributed by atoms with Gasteiger partial charge in [-0.15, -0.1) is 0 Å². The van der Waals surface area contributed by atoms with Gasteiger partial charge in [-0.05, 0) is 30.7 Å². The fourth-order valence-corrected chi connectivity index (χ4v) is 7.57. The van der Waals surface area contributed by atoms with Gasteiger partial charge in [-0.3, -0.25) is 29.0 Å². The van der Waals surface area contributed by atoms with Crippen molar-refractivity contribution in [3.05, 3.63) is 66.6 Å². The fraction of sp³-hybridized carbons (Fsp3) is 0.200. The molecule has 0 atom stereocenters. The lowest BCUT2D eigenvalue weighted by atomic mass is 9.82. The zero-order valence-corrected chi connectivity index (χ0v) is 24.4. The summed E-state index contributed by atoms with van der Waals surface area (Å²) in [5.74, 6) is -2.11. The molecule has 2 heterocycles. The zero-order chi connectivity index (χ0) is 29.1. The fourth-order valence-electron chi connectivity index (χ4n) is 6.38. The lowest BCUT2D eigenvalue weighted by Gasteiger charge is -2.31. The predicted molar refractivity (Wildman–Crippen MR) is 160 cm³/mol. The smallest absolute Gasteiger partial charge is 0.261 e. The zero-order valence-electron chi connectivity index (χ0n) is 21.3. The molecule has 2 aliphatic rings. The Balaban J connectivity index is 1.71. The van der Waals surface area contributed by atoms with Crippen LogP contribution in [0.2, 0.25) is 20.1 Å². The van der Waals surface area contributed by atoms with E-state index >= 15 is 0 Å². The molecule has 5 aromatic rings. The minimum absolute atomic E-state index is 0.163. The summed E-state index contributed by atoms with van der Waals surface area (Å²) in [6.45, 7) is 1.62. The minimum atomic E-state index is -0.602. The average molecular weight is 628 g/mol. The summed E-state index contributed by atoms with van der Waals surface area (Å²) in [5.41, 5.74) is 0.883. The number of hydrogen-bond acceptors (Lipinski definition) is 5. The van der Waals surface area contributed by atoms with Crippen molar-refractivity contribution in [3.63, 3.8) is 0 Å². The summed E-state index contributed by atoms with van der Waals surface area (Å²) in [6.07, 6.45) is 1.44. The average Bonchev–Trinajstić information content (AvgIpc) is 2.94. The van der Waals surface area contributed by atoms with Crippen molar-refractivity contribution in [2.24, 2.45) is 0 Å². The third kappa shape index (κ3) is 3.32. The molecule has 0 saturated carbocycles. The second kappa shape index (κ2) is 9.15. The second-order valence-electron chi connectivity index (χ2n) is 10.2. The van der Waals surface area contributed by atoms with Gasteiger partial charge in [-0.25, -0.2) is 0 Å². The molecule has 2 aliphatic heterocycles. The number of fused-ring (bicyclic) bond motifs is 2. The standard InChI is InChI=1S/C30H18Cl4N2O5/c1-2-3-4-35-27(38)11-7-15(31)21-23-17(33)9-13-20-14(30(41)36(5-6-37)29(13)40)10-18(34)24(26(20)23)22-16(32)8-12(28(35)39)19(11)25(21)22/h7-10,37H,2-6H2,1H3. The van der Waals surface area contributed by atoms with E-state index in [1.807, 2.05) is 6.92 Å². The Bertz CT molecular complexity index is 1960. The molecule has 0 aromatic heterocycles. The Morgan fingerprint density at radius 3 is 1.15 bits per heavy atom. The van der Waals surface area contributed by atoms with E-state index in [9.17, 15) is 24.3 Å². The van der Waals surface area contributed by atoms with E-state index < -0.39 is 30.2 Å². The monoisotopic (exact) mass is 626 g/mol. The van der Waals surface area contributed by atoms with Crippen LogP contribution in [0.4, 0.5) is 0 Å². The molecule has 1 N–H and O–H groups in total. The number of hydrogen-bond donors (Lipinski definition) is 1. The van der Waals surface area contributed by atoms with Crippen LogP contribution in [-0.2, 0) is 0 Å². The highest BCUT2D eigenvalue weighted by molar-refractivity contribution is 6.56. The maximum absolute atomic E-state index is 13.6. The van der Waals surface area contributed by atoms with Crippen LogP contribution < -0.4 is 0 Å². The Hall–Kier alpha value is -3.20. The van der Waals surface area contributed by atoms with Crippen molar-refractivity contribution in [2.75, 3.05) is 19.7 Å². The van der Waals surface area contributed by atoms with Gasteiger partial charge >= 0.3 is 0 Å². The van der Waals surface area contributed by atoms with Crippen molar-refractivity contribution in [1.82, 2.24) is 9.80 Å². The first kappa shape index (κ1) is 26.7. The maximum Gasteiger partial charge on any atom is 0.261 e. The molecule has 0 radical (unpaired) electrons. The highest BCUT2D eigenvalue weighted by Crippen LogP contribution is 2.53. The first-order valence-electron chi connectivity index (χ1n) is 12.9. The number of β-amino-alcohol motifs (C(OH)–C–C–N with tert-alkyl or cyclic N) is 1. The first-order valence-corrected chi connectivity index (χ1v) is 14.4. The Morgan fingerprint density at radius 1 is 0.537 bits per heavy atom. The summed E-state index contributed by atoms with van der Waals surface area (Å²) >= 11 is 27.6. The van der Waals surface area contributed by atoms with Gasteiger partial charge in [0.25, 0.3) is 23.6 Å². The van der Waals surface area contributed by atoms with E-state index in [2.05, 4.69) is 0 Å². The van der Waals surface area contributed by atoms with Crippen LogP contribution in [0.3, 0.4) is 0 Å². The van der Waals surface area contributed by atoms with E-state index in [0.717, 1.165) is 11.3 Å². The topological polar surface area (TPSA) is 95.0 Å². The number of carbonyl (C=O) groups is 4. The number of carbonyl (C=O) groups excluding carboxylic acids is 4. The number of amides is 4. The van der Waals surface area contributed by atoms with Crippen LogP contribution in [0.15, 0.2) is 24.3 Å². The molecule has 41 heavy (non-hydrogen) atoms. The van der Waals surface area contributed by atoms with Crippen LogP contribution in [0.5, 0.6) is 0 Å². The van der Waals surface area contributed by atoms with Crippen LogP contribution in [0.1, 0.15) is 61.2 Å². The van der Waals surface area contributed by atoms with E-state index in [1.165, 1.54) is 29.2 Å². The normalized spacial score (nSPS) is 15.2. The lowest BCUT2D eigenvalue weighted by molar-refractivity contribution is 0.0574. The van der Waals surface area contributed by atoms with Gasteiger partial charge in [0.1, 0.15) is 0 Å². The second-order valence-corrected chi connectivity index (χ2v) is 11.9. The number of nitrogens with zero attached hydrogens (tertiary/aromatic N) is 2. The van der Waals surface area contributed by atoms with Gasteiger partial charge in [0.15, 0.2) is 0 Å². The van der Waals surface area contributed by atoms with Gasteiger partial charge < -0.3 is 5.11 Å². The summed E-state index contributed by atoms with van der Waals surface area (Å²) < 4.78 is 0. The van der Waals surface area contributed by atoms with Crippen molar-refractivity contribution < 1.29 is 24.3 Å². The number of aliphatic hydroxyl groups is 1. The number of benzene rings is 5. The lowest BCUT2D eigenvalue weighted by Crippen LogP contribution is -2.42. The summed E-state index contributed by atoms with van der Waals surface area (Å²) in [5, 5.41) is 13.5. The van der Waals surface area contributed by atoms with E-state index in [4.69, 9.17) is 46.4 Å². The van der Waals surface area contributed by atoms with Gasteiger partial charge in [-0.1, -0.05) is 59.7 Å². The van der Waals surface area contributed by atoms with E-state index in [0.29, 0.717) is 49.5 Å². The Kier molecular flexibility index (Phi) is 5.95. The first-order chi connectivity index (χ1) is 19.6. The van der Waals surface area contributed by atoms with Crippen LogP contribution >= 0.6 is 46.4 Å². The summed E-state index contributed by atoms with van der Waals surface area (Å²) in [6, 6.07) is 6.01. The van der Waals surface area contributed by atoms with Gasteiger partial charge in [0.05, 0.1) is 35.4 Å². The van der Waals surface area contributed by atoms with Crippen LogP contribution in [0.25, 0.3) is 43.1 Å². The molecular weight excluding hydrogens is 610 g/mol. The molecule has 7 rings (SSSR count). The molecular formula is C30H18Cl4N2O5. The SMILES string of the molecule is CCCCN1C(=O)c2cc(Cl)c3c4c(Cl)cc5c6c(cc(Cl)c(c7c(Cl)cc(c2c37)C1=O)c64)C(=O)N(CCO)C5=O. The molecule has 11 heteroatoms. The number of aliphatic hydroxyl groups excluding tert-OH is 1. The van der Waals surface area contributed by atoms with Crippen LogP contribution in [0, 0.1) is 0 Å². The Morgan fingerprint density at radius 2 is 0.854 bits per heavy atom. The third-order valence-corrected chi connectivity index (χ3v) is 9.27. The van der Waals surface area contributed by atoms with Gasteiger partial charge in [0, 0.05) is 69.7 Å². The molecule has 0 bridgehead atoms. The summed E-state index contributed by atoms with van der Waals surface area (Å²) in [7, 11) is 0. The van der Waals surface area contributed by atoms with Crippen molar-refractivity contribution in [2.45, 2.75) is 19.8 Å². The van der Waals surface area contributed by atoms with Crippen molar-refractivity contribution in [1.29, 1.82) is 0 Å². The van der Waals surface area contributed by atoms with Gasteiger partial charge in [-0.2, -0.15) is 0 Å². The molecule has 0 aliphatic carbocycles. The molecule has 4 amide bonds. The number of halogens is 4. The summed E-state index contributed by atoms with van der Waals surface area (Å²) in [4.78, 5) is 56.2. The molecule has 7 nitrogen and oxygen atoms in total. The van der Waals surface area contributed by atoms with E-state index in [-0.39, 0.29) is 55.4 Å². The minimum Gasteiger partial charge on any atom is -0.395 e. The van der Waals surface area contributed by atoms with Crippen molar-refractivity contribution >= 4 is 113 Å². The van der Waals surface area contributed by atoms with E-state index in [1.54, 1.807) is 0 Å². The quantitative estimate of drug-likeness (QED) is 0.125. The Labute approximate surface area is 252 Å². The van der Waals surface area contributed by atoms with Gasteiger partial charge in [0.2, 0.25) is 0 Å². The highest BCUT2D eigenvalue weighted by atomic mass is 35.5. The maximum atomic E-state index is 13.6. The number of imide groups is 2. The number of unbranched alkanes of at least 4 members (excludes halogenated alkanes) is 1. The highest BCUT2D eigenvalue weighted by Gasteiger charge is 2.39. The molecule has 0 unspecified atom stereocenters. The molecule has 5 aromatic carbocycles. The molecule has 0 spiro atoms.